The van der Waals surface area contributed by atoms with E-state index < -0.39 is 0 Å². The van der Waals surface area contributed by atoms with Crippen molar-refractivity contribution in [3.63, 3.8) is 0 Å². The van der Waals surface area contributed by atoms with Gasteiger partial charge in [0.25, 0.3) is 5.88 Å². The Hall–Kier alpha value is -0.390. The molecule has 1 aliphatic rings. The molecule has 84 valence electrons. The number of rotatable bonds is 4. The summed E-state index contributed by atoms with van der Waals surface area (Å²) in [4.78, 5) is 2.41. The molecular weight excluding hydrogens is 234 g/mol. The number of hydrogen-bond acceptors (Lipinski definition) is 5. The van der Waals surface area contributed by atoms with Crippen LogP contribution in [0.2, 0.25) is 5.15 Å². The molecule has 0 unspecified atom stereocenters. The summed E-state index contributed by atoms with van der Waals surface area (Å²) in [7, 11) is 0. The molecule has 0 aliphatic carbocycles. The van der Waals surface area contributed by atoms with Crippen molar-refractivity contribution in [1.29, 1.82) is 0 Å². The number of piperidine rings is 1. The molecule has 1 aromatic heterocycles. The fourth-order valence-corrected chi connectivity index (χ4v) is 2.35. The topological polar surface area (TPSA) is 38.3 Å². The van der Waals surface area contributed by atoms with Gasteiger partial charge in [-0.2, -0.15) is 4.37 Å². The average molecular weight is 248 g/mol. The molecule has 4 nitrogen and oxygen atoms in total. The second-order valence-corrected chi connectivity index (χ2v) is 4.50. The number of aromatic nitrogens is 2. The van der Waals surface area contributed by atoms with Crippen molar-refractivity contribution in [1.82, 2.24) is 13.6 Å². The van der Waals surface area contributed by atoms with Gasteiger partial charge >= 0.3 is 0 Å². The quantitative estimate of drug-likeness (QED) is 0.816. The minimum Gasteiger partial charge on any atom is -0.473 e. The highest BCUT2D eigenvalue weighted by molar-refractivity contribution is 6.99. The summed E-state index contributed by atoms with van der Waals surface area (Å²) in [6.07, 6.45) is 3.97. The van der Waals surface area contributed by atoms with Gasteiger partial charge in [-0.15, -0.1) is 4.37 Å². The number of hydrogen-bond donors (Lipinski definition) is 0. The first-order valence-corrected chi connectivity index (χ1v) is 6.30. The highest BCUT2D eigenvalue weighted by Crippen LogP contribution is 2.20. The molecule has 0 bridgehead atoms. The summed E-state index contributed by atoms with van der Waals surface area (Å²) < 4.78 is 13.2. The highest BCUT2D eigenvalue weighted by atomic mass is 35.5. The third kappa shape index (κ3) is 3.29. The zero-order chi connectivity index (χ0) is 10.5. The number of likely N-dealkylation sites (tertiary alicyclic amines) is 1. The van der Waals surface area contributed by atoms with Crippen molar-refractivity contribution in [2.45, 2.75) is 19.3 Å². The van der Waals surface area contributed by atoms with Gasteiger partial charge in [0.2, 0.25) is 5.15 Å². The first-order valence-electron chi connectivity index (χ1n) is 5.19. The van der Waals surface area contributed by atoms with E-state index in [0.717, 1.165) is 18.3 Å². The summed E-state index contributed by atoms with van der Waals surface area (Å²) in [5.41, 5.74) is 0. The Kier molecular flexibility index (Phi) is 4.17. The van der Waals surface area contributed by atoms with Crippen LogP contribution in [0.25, 0.3) is 0 Å². The smallest absolute Gasteiger partial charge is 0.265 e. The number of nitrogens with zero attached hydrogens (tertiary/aromatic N) is 3. The molecule has 0 N–H and O–H groups in total. The van der Waals surface area contributed by atoms with Crippen LogP contribution < -0.4 is 4.74 Å². The normalized spacial score (nSPS) is 17.9. The molecule has 2 rings (SSSR count). The lowest BCUT2D eigenvalue weighted by atomic mass is 10.1. The van der Waals surface area contributed by atoms with Gasteiger partial charge in [-0.25, -0.2) is 0 Å². The zero-order valence-corrected chi connectivity index (χ0v) is 10.1. The number of ether oxygens (including phenoxy) is 1. The Bertz CT molecular complexity index is 301. The van der Waals surface area contributed by atoms with Crippen LogP contribution >= 0.6 is 23.3 Å². The molecule has 0 spiro atoms. The molecule has 2 heterocycles. The van der Waals surface area contributed by atoms with Crippen LogP contribution in [0.1, 0.15) is 19.3 Å². The van der Waals surface area contributed by atoms with E-state index in [9.17, 15) is 0 Å². The Morgan fingerprint density at radius 3 is 2.73 bits per heavy atom. The first-order chi connectivity index (χ1) is 7.36. The fraction of sp³-hybridized carbons (Fsp3) is 0.778. The van der Waals surface area contributed by atoms with Gasteiger partial charge in [0.1, 0.15) is 6.61 Å². The first kappa shape index (κ1) is 11.1. The standard InChI is InChI=1S/C9H14ClN3OS/c10-8-9(12-15-11-8)14-7-6-13-4-2-1-3-5-13/h1-7H2. The van der Waals surface area contributed by atoms with E-state index in [1.807, 2.05) is 0 Å². The van der Waals surface area contributed by atoms with E-state index in [0.29, 0.717) is 17.6 Å². The second-order valence-electron chi connectivity index (χ2n) is 3.61. The second kappa shape index (κ2) is 5.63. The van der Waals surface area contributed by atoms with E-state index in [2.05, 4.69) is 13.6 Å². The van der Waals surface area contributed by atoms with Gasteiger partial charge in [0.05, 0.1) is 11.7 Å². The monoisotopic (exact) mass is 247 g/mol. The van der Waals surface area contributed by atoms with E-state index >= 15 is 0 Å². The van der Waals surface area contributed by atoms with Crippen LogP contribution in [-0.4, -0.2) is 39.9 Å². The number of halogens is 1. The molecule has 1 saturated heterocycles. The minimum absolute atomic E-state index is 0.374. The van der Waals surface area contributed by atoms with Gasteiger partial charge < -0.3 is 4.74 Å². The lowest BCUT2D eigenvalue weighted by Gasteiger charge is -2.25. The predicted molar refractivity (Wildman–Crippen MR) is 60.7 cm³/mol. The Balaban J connectivity index is 1.68. The largest absolute Gasteiger partial charge is 0.473 e. The van der Waals surface area contributed by atoms with Crippen LogP contribution in [0.15, 0.2) is 0 Å². The summed E-state index contributed by atoms with van der Waals surface area (Å²) in [6, 6.07) is 0. The predicted octanol–water partition coefficient (Wildman–Crippen LogP) is 2.06. The molecule has 0 radical (unpaired) electrons. The van der Waals surface area contributed by atoms with Gasteiger partial charge in [0, 0.05) is 6.54 Å². The van der Waals surface area contributed by atoms with Crippen molar-refractivity contribution < 1.29 is 4.74 Å². The van der Waals surface area contributed by atoms with Gasteiger partial charge in [-0.05, 0) is 25.9 Å². The van der Waals surface area contributed by atoms with E-state index in [1.54, 1.807) is 0 Å². The SMILES string of the molecule is Clc1nsnc1OCCN1CCCCC1. The van der Waals surface area contributed by atoms with Crippen molar-refractivity contribution in [2.24, 2.45) is 0 Å². The van der Waals surface area contributed by atoms with Crippen LogP contribution in [0.5, 0.6) is 5.88 Å². The molecule has 6 heteroatoms. The molecule has 1 fully saturated rings. The highest BCUT2D eigenvalue weighted by Gasteiger charge is 2.11. The van der Waals surface area contributed by atoms with Gasteiger partial charge in [0.15, 0.2) is 0 Å². The summed E-state index contributed by atoms with van der Waals surface area (Å²) in [5, 5.41) is 0.374. The summed E-state index contributed by atoms with van der Waals surface area (Å²) in [5.74, 6) is 0.471. The third-order valence-corrected chi connectivity index (χ3v) is 3.37. The molecule has 1 aromatic rings. The van der Waals surface area contributed by atoms with Crippen molar-refractivity contribution in [3.05, 3.63) is 5.15 Å². The third-order valence-electron chi connectivity index (χ3n) is 2.52. The van der Waals surface area contributed by atoms with E-state index in [1.165, 1.54) is 32.4 Å². The van der Waals surface area contributed by atoms with E-state index in [4.69, 9.17) is 16.3 Å². The lowest BCUT2D eigenvalue weighted by Crippen LogP contribution is -2.33. The maximum atomic E-state index is 5.76. The molecule has 1 aliphatic heterocycles. The molecule has 15 heavy (non-hydrogen) atoms. The maximum Gasteiger partial charge on any atom is 0.265 e. The Morgan fingerprint density at radius 2 is 2.07 bits per heavy atom. The average Bonchev–Trinajstić information content (AvgIpc) is 2.66. The van der Waals surface area contributed by atoms with Crippen LogP contribution in [0.3, 0.4) is 0 Å². The molecular formula is C9H14ClN3OS. The molecule has 0 aromatic carbocycles. The van der Waals surface area contributed by atoms with Crippen LogP contribution in [0, 0.1) is 0 Å². The molecule has 0 saturated carbocycles. The Labute approximate surface area is 98.5 Å². The van der Waals surface area contributed by atoms with Crippen LogP contribution in [0.4, 0.5) is 0 Å². The van der Waals surface area contributed by atoms with Crippen molar-refractivity contribution >= 4 is 23.3 Å². The fourth-order valence-electron chi connectivity index (χ4n) is 1.71. The molecule has 0 atom stereocenters. The van der Waals surface area contributed by atoms with Gasteiger partial charge in [-0.1, -0.05) is 18.0 Å². The molecule has 0 amide bonds. The minimum atomic E-state index is 0.374. The van der Waals surface area contributed by atoms with Gasteiger partial charge in [-0.3, -0.25) is 4.90 Å². The summed E-state index contributed by atoms with van der Waals surface area (Å²) >= 11 is 6.84. The van der Waals surface area contributed by atoms with Crippen molar-refractivity contribution in [2.75, 3.05) is 26.2 Å². The van der Waals surface area contributed by atoms with Crippen molar-refractivity contribution in [3.8, 4) is 5.88 Å². The maximum absolute atomic E-state index is 5.76. The summed E-state index contributed by atoms with van der Waals surface area (Å²) in [6.45, 7) is 3.97. The van der Waals surface area contributed by atoms with Crippen LogP contribution in [-0.2, 0) is 0 Å². The zero-order valence-electron chi connectivity index (χ0n) is 8.49. The lowest BCUT2D eigenvalue weighted by molar-refractivity contribution is 0.181. The Morgan fingerprint density at radius 1 is 1.27 bits per heavy atom. The van der Waals surface area contributed by atoms with E-state index in [-0.39, 0.29) is 0 Å².